The Balaban J connectivity index is 1.45. The lowest BCUT2D eigenvalue weighted by atomic mass is 10.1. The number of aryl methyl sites for hydroxylation is 1. The van der Waals surface area contributed by atoms with E-state index in [4.69, 9.17) is 21.4 Å². The molecule has 0 radical (unpaired) electrons. The van der Waals surface area contributed by atoms with Crippen molar-refractivity contribution in [2.75, 3.05) is 6.61 Å². The summed E-state index contributed by atoms with van der Waals surface area (Å²) in [6.07, 6.45) is 1.41. The largest absolute Gasteiger partial charge is 0.484 e. The van der Waals surface area contributed by atoms with E-state index in [2.05, 4.69) is 16.2 Å². The fourth-order valence-corrected chi connectivity index (χ4v) is 2.57. The van der Waals surface area contributed by atoms with Crippen LogP contribution in [0.3, 0.4) is 0 Å². The summed E-state index contributed by atoms with van der Waals surface area (Å²) in [5.41, 5.74) is 5.20. The number of hydrogen-bond donors (Lipinski definition) is 3. The number of fused-ring (bicyclic) bond motifs is 1. The van der Waals surface area contributed by atoms with E-state index in [1.54, 1.807) is 13.0 Å². The van der Waals surface area contributed by atoms with Gasteiger partial charge < -0.3 is 9.15 Å². The van der Waals surface area contributed by atoms with Crippen molar-refractivity contribution in [1.29, 1.82) is 0 Å². The highest BCUT2D eigenvalue weighted by Crippen LogP contribution is 2.20. The highest BCUT2D eigenvalue weighted by atomic mass is 32.1. The molecule has 0 fully saturated rings. The van der Waals surface area contributed by atoms with Gasteiger partial charge in [0, 0.05) is 0 Å². The summed E-state index contributed by atoms with van der Waals surface area (Å²) in [6, 6.07) is 14.9. The first-order valence-corrected chi connectivity index (χ1v) is 8.49. The van der Waals surface area contributed by atoms with E-state index in [0.717, 1.165) is 10.8 Å². The van der Waals surface area contributed by atoms with Crippen molar-refractivity contribution in [2.24, 2.45) is 0 Å². The molecule has 0 bridgehead atoms. The van der Waals surface area contributed by atoms with Crippen LogP contribution in [-0.4, -0.2) is 23.5 Å². The van der Waals surface area contributed by atoms with Crippen LogP contribution in [0.4, 0.5) is 0 Å². The summed E-state index contributed by atoms with van der Waals surface area (Å²) in [6.45, 7) is 1.45. The van der Waals surface area contributed by atoms with E-state index in [1.807, 2.05) is 36.4 Å². The molecule has 2 aromatic carbocycles. The molecule has 0 aliphatic rings. The van der Waals surface area contributed by atoms with Crippen molar-refractivity contribution >= 4 is 39.9 Å². The maximum absolute atomic E-state index is 11.9. The number of hydrazine groups is 1. The molecule has 3 N–H and O–H groups in total. The van der Waals surface area contributed by atoms with Crippen molar-refractivity contribution in [1.82, 2.24) is 16.2 Å². The van der Waals surface area contributed by atoms with Crippen molar-refractivity contribution in [3.63, 3.8) is 0 Å². The Morgan fingerprint density at radius 2 is 1.85 bits per heavy atom. The molecule has 0 unspecified atom stereocenters. The average molecular weight is 383 g/mol. The molecule has 7 nitrogen and oxygen atoms in total. The van der Waals surface area contributed by atoms with E-state index in [1.165, 1.54) is 12.3 Å². The van der Waals surface area contributed by atoms with Gasteiger partial charge in [-0.2, -0.15) is 0 Å². The van der Waals surface area contributed by atoms with Gasteiger partial charge in [-0.05, 0) is 48.1 Å². The van der Waals surface area contributed by atoms with Gasteiger partial charge in [0.15, 0.2) is 11.7 Å². The standard InChI is InChI=1S/C19H17N3O4S/c1-12-16(8-9-25-12)18(24)21-22-19(27)20-17(23)11-26-15-7-6-13-4-2-3-5-14(13)10-15/h2-10H,11H2,1H3,(H,21,24)(H2,20,22,23,27). The Hall–Kier alpha value is -3.39. The first-order valence-electron chi connectivity index (χ1n) is 8.09. The molecule has 0 aliphatic carbocycles. The van der Waals surface area contributed by atoms with Gasteiger partial charge in [0.1, 0.15) is 11.5 Å². The number of carbonyl (C=O) groups is 2. The smallest absolute Gasteiger partial charge is 0.273 e. The van der Waals surface area contributed by atoms with Crippen molar-refractivity contribution in [3.05, 3.63) is 66.1 Å². The molecule has 0 saturated heterocycles. The molecule has 3 aromatic rings. The highest BCUT2D eigenvalue weighted by molar-refractivity contribution is 7.80. The number of hydrogen-bond acceptors (Lipinski definition) is 5. The third-order valence-corrected chi connectivity index (χ3v) is 3.94. The summed E-state index contributed by atoms with van der Waals surface area (Å²) in [5.74, 6) is 0.180. The number of benzene rings is 2. The van der Waals surface area contributed by atoms with Crippen LogP contribution in [0.15, 0.2) is 59.2 Å². The Morgan fingerprint density at radius 3 is 2.59 bits per heavy atom. The van der Waals surface area contributed by atoms with Gasteiger partial charge in [0.2, 0.25) is 0 Å². The lowest BCUT2D eigenvalue weighted by molar-refractivity contribution is -0.121. The number of furan rings is 1. The second-order valence-electron chi connectivity index (χ2n) is 5.64. The normalized spacial score (nSPS) is 10.3. The van der Waals surface area contributed by atoms with Gasteiger partial charge >= 0.3 is 0 Å². The average Bonchev–Trinajstić information content (AvgIpc) is 3.10. The maximum Gasteiger partial charge on any atom is 0.273 e. The second kappa shape index (κ2) is 8.33. The molecule has 0 spiro atoms. The van der Waals surface area contributed by atoms with Crippen LogP contribution in [0.5, 0.6) is 5.75 Å². The number of thiocarbonyl (C=S) groups is 1. The third-order valence-electron chi connectivity index (χ3n) is 3.74. The second-order valence-corrected chi connectivity index (χ2v) is 6.05. The minimum atomic E-state index is -0.450. The summed E-state index contributed by atoms with van der Waals surface area (Å²) >= 11 is 4.97. The third kappa shape index (κ3) is 4.83. The number of carbonyl (C=O) groups excluding carboxylic acids is 2. The minimum absolute atomic E-state index is 0.0448. The fourth-order valence-electron chi connectivity index (χ4n) is 2.40. The quantitative estimate of drug-likeness (QED) is 0.473. The van der Waals surface area contributed by atoms with Crippen LogP contribution >= 0.6 is 12.2 Å². The molecule has 3 rings (SSSR count). The van der Waals surface area contributed by atoms with Gasteiger partial charge in [-0.15, -0.1) is 0 Å². The van der Waals surface area contributed by atoms with Gasteiger partial charge in [-0.25, -0.2) is 0 Å². The minimum Gasteiger partial charge on any atom is -0.484 e. The van der Waals surface area contributed by atoms with E-state index < -0.39 is 11.8 Å². The van der Waals surface area contributed by atoms with Crippen molar-refractivity contribution in [2.45, 2.75) is 6.92 Å². The molecule has 0 saturated carbocycles. The summed E-state index contributed by atoms with van der Waals surface area (Å²) < 4.78 is 10.5. The van der Waals surface area contributed by atoms with Gasteiger partial charge in [-0.3, -0.25) is 25.8 Å². The van der Waals surface area contributed by atoms with E-state index >= 15 is 0 Å². The summed E-state index contributed by atoms with van der Waals surface area (Å²) in [5, 5.41) is 4.48. The summed E-state index contributed by atoms with van der Waals surface area (Å²) in [7, 11) is 0. The van der Waals surface area contributed by atoms with Crippen LogP contribution in [-0.2, 0) is 4.79 Å². The lowest BCUT2D eigenvalue weighted by Crippen LogP contribution is -2.49. The zero-order valence-electron chi connectivity index (χ0n) is 14.4. The first kappa shape index (κ1) is 18.4. The zero-order valence-corrected chi connectivity index (χ0v) is 15.3. The predicted octanol–water partition coefficient (Wildman–Crippen LogP) is 2.46. The van der Waals surface area contributed by atoms with Gasteiger partial charge in [-0.1, -0.05) is 30.3 Å². The molecule has 1 aromatic heterocycles. The van der Waals surface area contributed by atoms with E-state index in [9.17, 15) is 9.59 Å². The molecule has 27 heavy (non-hydrogen) atoms. The molecule has 0 atom stereocenters. The number of rotatable bonds is 4. The SMILES string of the molecule is Cc1occc1C(=O)NNC(=S)NC(=O)COc1ccc2ccccc2c1. The van der Waals surface area contributed by atoms with Crippen LogP contribution in [0.25, 0.3) is 10.8 Å². The molecule has 2 amide bonds. The van der Waals surface area contributed by atoms with Crippen molar-refractivity contribution < 1.29 is 18.7 Å². The summed E-state index contributed by atoms with van der Waals surface area (Å²) in [4.78, 5) is 23.8. The van der Waals surface area contributed by atoms with Crippen LogP contribution in [0.2, 0.25) is 0 Å². The number of amides is 2. The highest BCUT2D eigenvalue weighted by Gasteiger charge is 2.12. The van der Waals surface area contributed by atoms with Crippen LogP contribution < -0.4 is 20.9 Å². The Labute approximate surface area is 160 Å². The zero-order chi connectivity index (χ0) is 19.2. The molecule has 8 heteroatoms. The monoisotopic (exact) mass is 383 g/mol. The van der Waals surface area contributed by atoms with Crippen LogP contribution in [0.1, 0.15) is 16.1 Å². The fraction of sp³-hybridized carbons (Fsp3) is 0.105. The van der Waals surface area contributed by atoms with E-state index in [-0.39, 0.29) is 11.7 Å². The molecular formula is C19H17N3O4S. The number of ether oxygens (including phenoxy) is 1. The topological polar surface area (TPSA) is 92.6 Å². The first-order chi connectivity index (χ1) is 13.0. The Kier molecular flexibility index (Phi) is 5.68. The predicted molar refractivity (Wildman–Crippen MR) is 104 cm³/mol. The Morgan fingerprint density at radius 1 is 1.07 bits per heavy atom. The molecular weight excluding hydrogens is 366 g/mol. The van der Waals surface area contributed by atoms with Crippen molar-refractivity contribution in [3.8, 4) is 5.75 Å². The van der Waals surface area contributed by atoms with Crippen LogP contribution in [0, 0.1) is 6.92 Å². The maximum atomic E-state index is 11.9. The number of nitrogens with one attached hydrogen (secondary N) is 3. The molecule has 138 valence electrons. The molecule has 1 heterocycles. The van der Waals surface area contributed by atoms with E-state index in [0.29, 0.717) is 17.1 Å². The lowest BCUT2D eigenvalue weighted by Gasteiger charge is -2.11. The Bertz CT molecular complexity index is 999. The van der Waals surface area contributed by atoms with Gasteiger partial charge in [0.25, 0.3) is 11.8 Å². The van der Waals surface area contributed by atoms with Gasteiger partial charge in [0.05, 0.1) is 11.8 Å². The molecule has 0 aliphatic heterocycles.